The van der Waals surface area contributed by atoms with Crippen LogP contribution in [0.3, 0.4) is 0 Å². The van der Waals surface area contributed by atoms with Gasteiger partial charge in [-0.25, -0.2) is 4.79 Å². The Morgan fingerprint density at radius 1 is 1.47 bits per heavy atom. The Morgan fingerprint density at radius 3 is 2.71 bits per heavy atom. The Balaban J connectivity index is 2.56. The lowest BCUT2D eigenvalue weighted by Gasteiger charge is -2.19. The van der Waals surface area contributed by atoms with Gasteiger partial charge in [-0.3, -0.25) is 0 Å². The van der Waals surface area contributed by atoms with Crippen molar-refractivity contribution in [3.05, 3.63) is 31.8 Å². The molecular formula is C12H15BrINO2. The van der Waals surface area contributed by atoms with E-state index in [0.717, 1.165) is 13.6 Å². The fourth-order valence-electron chi connectivity index (χ4n) is 1.16. The van der Waals surface area contributed by atoms with Crippen molar-refractivity contribution < 1.29 is 9.53 Å². The summed E-state index contributed by atoms with van der Waals surface area (Å²) in [6, 6.07) is 5.98. The second-order valence-electron chi connectivity index (χ2n) is 4.59. The molecule has 1 aromatic carbocycles. The lowest BCUT2D eigenvalue weighted by atomic mass is 10.2. The Bertz CT molecular complexity index is 415. The lowest BCUT2D eigenvalue weighted by molar-refractivity contribution is 0.0523. The molecule has 0 aliphatic carbocycles. The van der Waals surface area contributed by atoms with E-state index < -0.39 is 11.7 Å². The molecule has 0 fully saturated rings. The van der Waals surface area contributed by atoms with Gasteiger partial charge in [0.1, 0.15) is 5.60 Å². The van der Waals surface area contributed by atoms with Crippen LogP contribution in [-0.4, -0.2) is 11.7 Å². The highest BCUT2D eigenvalue weighted by molar-refractivity contribution is 14.1. The van der Waals surface area contributed by atoms with Crippen molar-refractivity contribution in [2.45, 2.75) is 32.9 Å². The number of amides is 1. The minimum Gasteiger partial charge on any atom is -0.444 e. The van der Waals surface area contributed by atoms with E-state index in [1.807, 2.05) is 39.0 Å². The molecule has 0 radical (unpaired) electrons. The molecule has 0 aliphatic rings. The van der Waals surface area contributed by atoms with Gasteiger partial charge in [-0.15, -0.1) is 0 Å². The molecule has 0 unspecified atom stereocenters. The van der Waals surface area contributed by atoms with E-state index >= 15 is 0 Å². The maximum Gasteiger partial charge on any atom is 0.407 e. The van der Waals surface area contributed by atoms with Crippen LogP contribution in [0.5, 0.6) is 0 Å². The fraction of sp³-hybridized carbons (Fsp3) is 0.417. The molecule has 0 bridgehead atoms. The lowest BCUT2D eigenvalue weighted by Crippen LogP contribution is -2.32. The van der Waals surface area contributed by atoms with Gasteiger partial charge in [0, 0.05) is 14.6 Å². The summed E-state index contributed by atoms with van der Waals surface area (Å²) < 4.78 is 7.27. The second kappa shape index (κ2) is 6.04. The number of rotatable bonds is 2. The highest BCUT2D eigenvalue weighted by atomic mass is 127. The Labute approximate surface area is 124 Å². The summed E-state index contributed by atoms with van der Waals surface area (Å²) in [5, 5.41) is 2.73. The van der Waals surface area contributed by atoms with E-state index in [-0.39, 0.29) is 0 Å². The van der Waals surface area contributed by atoms with Crippen molar-refractivity contribution in [3.63, 3.8) is 0 Å². The summed E-state index contributed by atoms with van der Waals surface area (Å²) in [5.41, 5.74) is 0.564. The maximum absolute atomic E-state index is 11.5. The quantitative estimate of drug-likeness (QED) is 0.744. The minimum absolute atomic E-state index is 0.400. The molecule has 1 amide bonds. The Kier molecular flexibility index (Phi) is 5.24. The van der Waals surface area contributed by atoms with E-state index in [1.165, 1.54) is 0 Å². The number of halogens is 2. The van der Waals surface area contributed by atoms with Gasteiger partial charge in [0.2, 0.25) is 0 Å². The van der Waals surface area contributed by atoms with Gasteiger partial charge in [-0.2, -0.15) is 0 Å². The highest BCUT2D eigenvalue weighted by Crippen LogP contribution is 2.19. The summed E-state index contributed by atoms with van der Waals surface area (Å²) in [6.45, 7) is 5.97. The summed E-state index contributed by atoms with van der Waals surface area (Å²) in [7, 11) is 0. The van der Waals surface area contributed by atoms with Crippen molar-refractivity contribution in [3.8, 4) is 0 Å². The van der Waals surface area contributed by atoms with Crippen LogP contribution in [-0.2, 0) is 11.3 Å². The Hall–Kier alpha value is -0.300. The first-order valence-corrected chi connectivity index (χ1v) is 7.06. The molecule has 0 heterocycles. The molecule has 94 valence electrons. The second-order valence-corrected chi connectivity index (χ2v) is 6.69. The zero-order valence-electron chi connectivity index (χ0n) is 10.0. The van der Waals surface area contributed by atoms with Gasteiger partial charge >= 0.3 is 6.09 Å². The third-order valence-corrected chi connectivity index (χ3v) is 3.27. The number of carbonyl (C=O) groups excluding carboxylic acids is 1. The SMILES string of the molecule is CC(C)(C)OC(=O)NCc1cc(I)ccc1Br. The maximum atomic E-state index is 11.5. The van der Waals surface area contributed by atoms with E-state index in [4.69, 9.17) is 4.74 Å². The van der Waals surface area contributed by atoms with Gasteiger partial charge in [-0.1, -0.05) is 15.9 Å². The van der Waals surface area contributed by atoms with Gasteiger partial charge in [-0.05, 0) is 67.1 Å². The van der Waals surface area contributed by atoms with Crippen LogP contribution in [0.2, 0.25) is 0 Å². The summed E-state index contributed by atoms with van der Waals surface area (Å²) in [4.78, 5) is 11.5. The number of ether oxygens (including phenoxy) is 1. The van der Waals surface area contributed by atoms with E-state index in [1.54, 1.807) is 0 Å². The number of benzene rings is 1. The van der Waals surface area contributed by atoms with Gasteiger partial charge < -0.3 is 10.1 Å². The molecular weight excluding hydrogens is 397 g/mol. The van der Waals surface area contributed by atoms with Crippen LogP contribution in [0.15, 0.2) is 22.7 Å². The predicted octanol–water partition coefficient (Wildman–Crippen LogP) is 4.08. The summed E-state index contributed by atoms with van der Waals surface area (Å²) in [6.07, 6.45) is -0.400. The molecule has 1 N–H and O–H groups in total. The molecule has 1 aromatic rings. The third kappa shape index (κ3) is 5.72. The van der Waals surface area contributed by atoms with Crippen molar-refractivity contribution in [2.75, 3.05) is 0 Å². The number of hydrogen-bond donors (Lipinski definition) is 1. The molecule has 17 heavy (non-hydrogen) atoms. The van der Waals surface area contributed by atoms with Crippen LogP contribution < -0.4 is 5.32 Å². The van der Waals surface area contributed by atoms with E-state index in [2.05, 4.69) is 43.8 Å². The van der Waals surface area contributed by atoms with Gasteiger partial charge in [0.05, 0.1) is 0 Å². The molecule has 3 nitrogen and oxygen atoms in total. The van der Waals surface area contributed by atoms with Crippen LogP contribution >= 0.6 is 38.5 Å². The number of carbonyl (C=O) groups is 1. The van der Waals surface area contributed by atoms with E-state index in [9.17, 15) is 4.79 Å². The van der Waals surface area contributed by atoms with Crippen LogP contribution in [0.4, 0.5) is 4.79 Å². The highest BCUT2D eigenvalue weighted by Gasteiger charge is 2.15. The smallest absolute Gasteiger partial charge is 0.407 e. The standard InChI is InChI=1S/C12H15BrINO2/c1-12(2,3)17-11(16)15-7-8-6-9(14)4-5-10(8)13/h4-6H,7H2,1-3H3,(H,15,16). The molecule has 0 aromatic heterocycles. The average Bonchev–Trinajstić information content (AvgIpc) is 2.17. The minimum atomic E-state index is -0.466. The van der Waals surface area contributed by atoms with Crippen molar-refractivity contribution in [1.82, 2.24) is 5.32 Å². The Morgan fingerprint density at radius 2 is 2.12 bits per heavy atom. The largest absolute Gasteiger partial charge is 0.444 e. The van der Waals surface area contributed by atoms with Gasteiger partial charge in [0.25, 0.3) is 0 Å². The normalized spacial score (nSPS) is 11.1. The molecule has 1 rings (SSSR count). The first-order chi connectivity index (χ1) is 7.78. The molecule has 0 saturated heterocycles. The van der Waals surface area contributed by atoms with Crippen molar-refractivity contribution in [1.29, 1.82) is 0 Å². The van der Waals surface area contributed by atoms with Crippen LogP contribution in [0.25, 0.3) is 0 Å². The summed E-state index contributed by atoms with van der Waals surface area (Å²) in [5.74, 6) is 0. The number of hydrogen-bond acceptors (Lipinski definition) is 2. The molecule has 5 heteroatoms. The zero-order chi connectivity index (χ0) is 13.1. The van der Waals surface area contributed by atoms with Crippen molar-refractivity contribution >= 4 is 44.6 Å². The van der Waals surface area contributed by atoms with Crippen LogP contribution in [0, 0.1) is 3.57 Å². The average molecular weight is 412 g/mol. The topological polar surface area (TPSA) is 38.3 Å². The predicted molar refractivity (Wildman–Crippen MR) is 79.9 cm³/mol. The summed E-state index contributed by atoms with van der Waals surface area (Å²) >= 11 is 5.68. The monoisotopic (exact) mass is 411 g/mol. The molecule has 0 aliphatic heterocycles. The molecule has 0 spiro atoms. The first kappa shape index (κ1) is 14.8. The number of nitrogens with one attached hydrogen (secondary N) is 1. The zero-order valence-corrected chi connectivity index (χ0v) is 13.8. The number of alkyl carbamates (subject to hydrolysis) is 1. The van der Waals surface area contributed by atoms with Gasteiger partial charge in [0.15, 0.2) is 0 Å². The molecule has 0 atom stereocenters. The third-order valence-electron chi connectivity index (χ3n) is 1.83. The van der Waals surface area contributed by atoms with E-state index in [0.29, 0.717) is 6.54 Å². The molecule has 0 saturated carbocycles. The fourth-order valence-corrected chi connectivity index (χ4v) is 2.10. The van der Waals surface area contributed by atoms with Crippen molar-refractivity contribution in [2.24, 2.45) is 0 Å². The first-order valence-electron chi connectivity index (χ1n) is 5.19. The van der Waals surface area contributed by atoms with Crippen LogP contribution in [0.1, 0.15) is 26.3 Å².